The van der Waals surface area contributed by atoms with Crippen molar-refractivity contribution in [3.05, 3.63) is 64.1 Å². The van der Waals surface area contributed by atoms with Gasteiger partial charge >= 0.3 is 5.69 Å². The van der Waals surface area contributed by atoms with Gasteiger partial charge < -0.3 is 14.7 Å². The molecule has 0 spiro atoms. The van der Waals surface area contributed by atoms with E-state index in [1.807, 2.05) is 21.6 Å². The molecule has 41 heavy (non-hydrogen) atoms. The maximum absolute atomic E-state index is 15.0. The smallest absolute Gasteiger partial charge is 0.350 e. The molecule has 1 aromatic heterocycles. The number of piperazine rings is 1. The van der Waals surface area contributed by atoms with Crippen molar-refractivity contribution in [2.24, 2.45) is 0 Å². The van der Waals surface area contributed by atoms with Gasteiger partial charge in [0.1, 0.15) is 36.5 Å². The number of benzene rings is 2. The van der Waals surface area contributed by atoms with E-state index in [9.17, 15) is 18.7 Å². The fraction of sp³-hybridized carbons (Fsp3) is 0.448. The lowest BCUT2D eigenvalue weighted by Gasteiger charge is -2.42. The summed E-state index contributed by atoms with van der Waals surface area (Å²) in [6.07, 6.45) is 0.185. The number of aliphatic hydroxyl groups is 1. The molecular formula is C29H31ClF3N5O3. The van der Waals surface area contributed by atoms with Crippen molar-refractivity contribution in [2.45, 2.75) is 37.8 Å². The molecule has 3 aromatic rings. The number of alkyl halides is 1. The maximum atomic E-state index is 15.0. The molecule has 3 aliphatic heterocycles. The Bertz CT molecular complexity index is 1570. The van der Waals surface area contributed by atoms with E-state index in [0.29, 0.717) is 55.9 Å². The number of nitrogens with zero attached hydrogens (tertiary/aromatic N) is 5. The van der Waals surface area contributed by atoms with Crippen molar-refractivity contribution in [1.82, 2.24) is 19.4 Å². The molecule has 0 aliphatic carbocycles. The molecule has 0 saturated carbocycles. The lowest BCUT2D eigenvalue weighted by atomic mass is 9.99. The SMILES string of the molecule is C=CC(O)N1CCN(c2nc(=O)n3c4c(c(-c5ccc(F)cc5F)c(Cl)cc24)OCC3CN2CCC(F)C2)[C@@H](C)C1. The second-order valence-corrected chi connectivity index (χ2v) is 11.4. The fourth-order valence-corrected chi connectivity index (χ4v) is 6.59. The predicted octanol–water partition coefficient (Wildman–Crippen LogP) is 3.99. The quantitative estimate of drug-likeness (QED) is 0.436. The minimum Gasteiger partial charge on any atom is -0.488 e. The molecule has 2 saturated heterocycles. The van der Waals surface area contributed by atoms with Crippen molar-refractivity contribution >= 4 is 28.3 Å². The number of hydrogen-bond donors (Lipinski definition) is 1. The lowest BCUT2D eigenvalue weighted by molar-refractivity contribution is 0.0296. The summed E-state index contributed by atoms with van der Waals surface area (Å²) in [5, 5.41) is 11.0. The lowest BCUT2D eigenvalue weighted by Crippen LogP contribution is -2.55. The van der Waals surface area contributed by atoms with Gasteiger partial charge in [0, 0.05) is 67.9 Å². The Balaban J connectivity index is 1.53. The monoisotopic (exact) mass is 589 g/mol. The molecule has 1 N–H and O–H groups in total. The minimum atomic E-state index is -0.921. The Labute approximate surface area is 240 Å². The Kier molecular flexibility index (Phi) is 7.48. The first-order chi connectivity index (χ1) is 19.7. The van der Waals surface area contributed by atoms with Gasteiger partial charge in [-0.25, -0.2) is 18.0 Å². The van der Waals surface area contributed by atoms with Gasteiger partial charge in [0.15, 0.2) is 5.75 Å². The van der Waals surface area contributed by atoms with Crippen LogP contribution in [0.25, 0.3) is 22.0 Å². The van der Waals surface area contributed by atoms with Crippen LogP contribution in [0.4, 0.5) is 19.0 Å². The van der Waals surface area contributed by atoms with E-state index in [4.69, 9.17) is 16.3 Å². The van der Waals surface area contributed by atoms with Crippen LogP contribution in [0.2, 0.25) is 5.02 Å². The van der Waals surface area contributed by atoms with E-state index >= 15 is 4.39 Å². The Morgan fingerprint density at radius 3 is 2.73 bits per heavy atom. The summed E-state index contributed by atoms with van der Waals surface area (Å²) in [7, 11) is 0. The number of aromatic nitrogens is 2. The van der Waals surface area contributed by atoms with Crippen molar-refractivity contribution < 1.29 is 23.0 Å². The topological polar surface area (TPSA) is 74.1 Å². The van der Waals surface area contributed by atoms with Crippen LogP contribution in [0, 0.1) is 11.6 Å². The van der Waals surface area contributed by atoms with Gasteiger partial charge in [-0.15, -0.1) is 0 Å². The number of anilines is 1. The van der Waals surface area contributed by atoms with Crippen LogP contribution >= 0.6 is 11.6 Å². The molecule has 3 unspecified atom stereocenters. The maximum Gasteiger partial charge on any atom is 0.350 e. The van der Waals surface area contributed by atoms with Crippen LogP contribution in [-0.4, -0.2) is 88.8 Å². The third-order valence-electron chi connectivity index (χ3n) is 8.28. The van der Waals surface area contributed by atoms with Crippen molar-refractivity contribution in [2.75, 3.05) is 50.8 Å². The number of rotatable bonds is 6. The summed E-state index contributed by atoms with van der Waals surface area (Å²) in [5.74, 6) is -0.918. The molecule has 6 rings (SSSR count). The van der Waals surface area contributed by atoms with Crippen LogP contribution in [0.15, 0.2) is 41.7 Å². The largest absolute Gasteiger partial charge is 0.488 e. The molecule has 0 radical (unpaired) electrons. The van der Waals surface area contributed by atoms with Crippen molar-refractivity contribution in [3.8, 4) is 16.9 Å². The van der Waals surface area contributed by atoms with Crippen LogP contribution in [-0.2, 0) is 0 Å². The van der Waals surface area contributed by atoms with Gasteiger partial charge in [-0.05, 0) is 37.6 Å². The number of ether oxygens (including phenoxy) is 1. The Hall–Kier alpha value is -3.12. The first kappa shape index (κ1) is 28.0. The predicted molar refractivity (Wildman–Crippen MR) is 151 cm³/mol. The zero-order valence-electron chi connectivity index (χ0n) is 22.6. The summed E-state index contributed by atoms with van der Waals surface area (Å²) in [6, 6.07) is 4.26. The summed E-state index contributed by atoms with van der Waals surface area (Å²) in [5.41, 5.74) is 0.171. The molecule has 218 valence electrons. The van der Waals surface area contributed by atoms with Gasteiger partial charge in [0.25, 0.3) is 0 Å². The molecule has 3 aliphatic rings. The highest BCUT2D eigenvalue weighted by molar-refractivity contribution is 6.35. The van der Waals surface area contributed by atoms with E-state index < -0.39 is 35.8 Å². The number of aliphatic hydroxyl groups excluding tert-OH is 1. The van der Waals surface area contributed by atoms with Gasteiger partial charge in [-0.3, -0.25) is 14.4 Å². The summed E-state index contributed by atoms with van der Waals surface area (Å²) in [6.45, 7) is 8.40. The average molecular weight is 590 g/mol. The van der Waals surface area contributed by atoms with Gasteiger partial charge in [0.2, 0.25) is 0 Å². The van der Waals surface area contributed by atoms with E-state index in [-0.39, 0.29) is 41.1 Å². The molecule has 12 heteroatoms. The highest BCUT2D eigenvalue weighted by Crippen LogP contribution is 2.47. The summed E-state index contributed by atoms with van der Waals surface area (Å²) < 4.78 is 50.6. The zero-order chi connectivity index (χ0) is 29.0. The third kappa shape index (κ3) is 4.98. The number of halogens is 4. The summed E-state index contributed by atoms with van der Waals surface area (Å²) >= 11 is 6.79. The first-order valence-corrected chi connectivity index (χ1v) is 14.1. The van der Waals surface area contributed by atoms with Gasteiger partial charge in [-0.1, -0.05) is 18.2 Å². The Morgan fingerprint density at radius 2 is 2.05 bits per heavy atom. The molecular weight excluding hydrogens is 559 g/mol. The summed E-state index contributed by atoms with van der Waals surface area (Å²) in [4.78, 5) is 24.1. The standard InChI is InChI=1S/C29H31ClF3N5O3/c1-3-24(39)36-8-9-37(16(2)12-36)28-21-11-22(30)25(20-5-4-17(31)10-23(20)33)27-26(21)38(29(40)34-28)19(15-41-27)14-35-7-6-18(32)13-35/h3-5,10-11,16,18-19,24,39H,1,6-9,12-15H2,2H3/t16-,18?,19?,24?/m0/s1. The molecule has 4 atom stereocenters. The molecule has 0 bridgehead atoms. The highest BCUT2D eigenvalue weighted by atomic mass is 35.5. The van der Waals surface area contributed by atoms with E-state index in [1.54, 1.807) is 10.6 Å². The first-order valence-electron chi connectivity index (χ1n) is 13.7. The normalized spacial score (nSPS) is 24.0. The van der Waals surface area contributed by atoms with E-state index in [1.165, 1.54) is 12.1 Å². The molecule has 2 fully saturated rings. The third-order valence-corrected chi connectivity index (χ3v) is 8.58. The highest BCUT2D eigenvalue weighted by Gasteiger charge is 2.36. The molecule has 4 heterocycles. The van der Waals surface area contributed by atoms with Crippen LogP contribution in [0.5, 0.6) is 5.75 Å². The second-order valence-electron chi connectivity index (χ2n) is 11.0. The van der Waals surface area contributed by atoms with Crippen molar-refractivity contribution in [1.29, 1.82) is 0 Å². The van der Waals surface area contributed by atoms with Gasteiger partial charge in [0.05, 0.1) is 16.6 Å². The van der Waals surface area contributed by atoms with Crippen LogP contribution in [0.1, 0.15) is 19.4 Å². The van der Waals surface area contributed by atoms with Crippen molar-refractivity contribution in [3.63, 3.8) is 0 Å². The minimum absolute atomic E-state index is 0.0457. The van der Waals surface area contributed by atoms with Gasteiger partial charge in [-0.2, -0.15) is 4.98 Å². The fourth-order valence-electron chi connectivity index (χ4n) is 6.30. The van der Waals surface area contributed by atoms with Crippen LogP contribution in [0.3, 0.4) is 0 Å². The van der Waals surface area contributed by atoms with Crippen LogP contribution < -0.4 is 15.3 Å². The molecule has 0 amide bonds. The number of hydrogen-bond acceptors (Lipinski definition) is 7. The average Bonchev–Trinajstić information content (AvgIpc) is 3.35. The van der Waals surface area contributed by atoms with E-state index in [0.717, 1.165) is 12.1 Å². The number of likely N-dealkylation sites (tertiary alicyclic amines) is 1. The Morgan fingerprint density at radius 1 is 1.24 bits per heavy atom. The zero-order valence-corrected chi connectivity index (χ0v) is 23.3. The molecule has 8 nitrogen and oxygen atoms in total. The molecule has 2 aromatic carbocycles. The van der Waals surface area contributed by atoms with E-state index in [2.05, 4.69) is 11.6 Å². The second kappa shape index (κ2) is 10.9.